The molecule has 7 N–H and O–H groups in total. The average molecular weight is 645 g/mol. The minimum Gasteiger partial charge on any atom is -0.480 e. The van der Waals surface area contributed by atoms with Crippen LogP contribution in [0, 0.1) is 0 Å². The Bertz CT molecular complexity index is 1470. The van der Waals surface area contributed by atoms with Gasteiger partial charge < -0.3 is 45.7 Å². The fraction of sp³-hybridized carbons (Fsp3) is 0.483. The topological polar surface area (TPSA) is 242 Å². The van der Waals surface area contributed by atoms with E-state index >= 15 is 0 Å². The van der Waals surface area contributed by atoms with Gasteiger partial charge in [-0.05, 0) is 37.6 Å². The zero-order valence-corrected chi connectivity index (χ0v) is 25.6. The molecule has 17 heteroatoms. The highest BCUT2D eigenvalue weighted by Crippen LogP contribution is 2.12. The number of nitrogens with one attached hydrogen (secondary N) is 4. The molecular formula is C29H40N8O9. The molecule has 2 heterocycles. The highest BCUT2D eigenvalue weighted by Gasteiger charge is 2.21. The van der Waals surface area contributed by atoms with Crippen LogP contribution in [0.3, 0.4) is 0 Å². The number of rotatable bonds is 22. The molecule has 0 unspecified atom stereocenters. The zero-order chi connectivity index (χ0) is 33.1. The van der Waals surface area contributed by atoms with Crippen molar-refractivity contribution in [3.05, 3.63) is 52.1 Å². The van der Waals surface area contributed by atoms with Crippen molar-refractivity contribution < 1.29 is 38.4 Å². The van der Waals surface area contributed by atoms with Crippen molar-refractivity contribution >= 4 is 40.6 Å². The van der Waals surface area contributed by atoms with Crippen molar-refractivity contribution in [2.24, 2.45) is 0 Å². The molecule has 0 fully saturated rings. The van der Waals surface area contributed by atoms with Gasteiger partial charge in [0, 0.05) is 30.8 Å². The molecule has 2 aromatic heterocycles. The maximum absolute atomic E-state index is 12.7. The van der Waals surface area contributed by atoms with Gasteiger partial charge in [-0.3, -0.25) is 19.4 Å². The quantitative estimate of drug-likeness (QED) is 0.0794. The molecule has 0 radical (unpaired) electrons. The summed E-state index contributed by atoms with van der Waals surface area (Å²) in [6, 6.07) is 5.06. The number of hydrogen-bond donors (Lipinski definition) is 6. The van der Waals surface area contributed by atoms with E-state index in [2.05, 4.69) is 35.9 Å². The molecule has 0 aliphatic carbocycles. The van der Waals surface area contributed by atoms with Crippen molar-refractivity contribution in [1.29, 1.82) is 0 Å². The van der Waals surface area contributed by atoms with Crippen LogP contribution in [0.4, 0.5) is 11.6 Å². The molecule has 250 valence electrons. The smallest absolute Gasteiger partial charge is 0.326 e. The first-order valence-corrected chi connectivity index (χ1v) is 14.7. The molecule has 46 heavy (non-hydrogen) atoms. The SMILES string of the molecule is CCOCCOCCOCCOCCNC(=O)CC[C@H](NC(=O)c1ccc(NCc2cnc3nc(N)[nH]c(=O)c3n2)cc1)C(=O)O. The Hall–Kier alpha value is -4.71. The Kier molecular flexibility index (Phi) is 15.3. The summed E-state index contributed by atoms with van der Waals surface area (Å²) in [6.07, 6.45) is 1.27. The number of nitrogen functional groups attached to an aromatic ring is 1. The van der Waals surface area contributed by atoms with Gasteiger partial charge in [0.25, 0.3) is 11.5 Å². The van der Waals surface area contributed by atoms with Crippen LogP contribution in [0.15, 0.2) is 35.3 Å². The predicted octanol–water partition coefficient (Wildman–Crippen LogP) is 0.0731. The summed E-state index contributed by atoms with van der Waals surface area (Å²) in [5, 5.41) is 17.8. The van der Waals surface area contributed by atoms with Crippen LogP contribution >= 0.6 is 0 Å². The second-order valence-corrected chi connectivity index (χ2v) is 9.70. The molecular weight excluding hydrogens is 604 g/mol. The molecule has 0 saturated carbocycles. The van der Waals surface area contributed by atoms with Gasteiger partial charge in [0.15, 0.2) is 11.2 Å². The molecule has 0 saturated heterocycles. The fourth-order valence-corrected chi connectivity index (χ4v) is 3.92. The van der Waals surface area contributed by atoms with Gasteiger partial charge in [-0.1, -0.05) is 0 Å². The minimum atomic E-state index is -1.26. The molecule has 0 spiro atoms. The highest BCUT2D eigenvalue weighted by atomic mass is 16.6. The van der Waals surface area contributed by atoms with Crippen LogP contribution in [-0.2, 0) is 35.1 Å². The Balaban J connectivity index is 1.31. The summed E-state index contributed by atoms with van der Waals surface area (Å²) in [7, 11) is 0. The summed E-state index contributed by atoms with van der Waals surface area (Å²) in [4.78, 5) is 63.3. The van der Waals surface area contributed by atoms with E-state index < -0.39 is 23.5 Å². The van der Waals surface area contributed by atoms with Crippen LogP contribution in [0.2, 0.25) is 0 Å². The third-order valence-electron chi connectivity index (χ3n) is 6.26. The number of carbonyl (C=O) groups is 3. The molecule has 0 aliphatic heterocycles. The van der Waals surface area contributed by atoms with Crippen molar-refractivity contribution in [3.8, 4) is 0 Å². The van der Waals surface area contributed by atoms with Crippen molar-refractivity contribution in [3.63, 3.8) is 0 Å². The Labute approximate surface area is 264 Å². The zero-order valence-electron chi connectivity index (χ0n) is 25.6. The number of nitrogens with zero attached hydrogens (tertiary/aromatic N) is 3. The number of ether oxygens (including phenoxy) is 4. The van der Waals surface area contributed by atoms with Crippen LogP contribution in [0.5, 0.6) is 0 Å². The number of aromatic amines is 1. The normalized spacial score (nSPS) is 11.7. The van der Waals surface area contributed by atoms with Crippen LogP contribution in [0.25, 0.3) is 11.2 Å². The Morgan fingerprint density at radius 2 is 1.61 bits per heavy atom. The van der Waals surface area contributed by atoms with Crippen molar-refractivity contribution in [2.75, 3.05) is 70.5 Å². The summed E-state index contributed by atoms with van der Waals surface area (Å²) in [5.74, 6) is -2.26. The van der Waals surface area contributed by atoms with Gasteiger partial charge in [-0.25, -0.2) is 14.8 Å². The van der Waals surface area contributed by atoms with Gasteiger partial charge in [0.1, 0.15) is 6.04 Å². The number of nitrogens with two attached hydrogens (primary N) is 1. The maximum Gasteiger partial charge on any atom is 0.326 e. The summed E-state index contributed by atoms with van der Waals surface area (Å²) >= 11 is 0. The van der Waals surface area contributed by atoms with E-state index in [-0.39, 0.29) is 61.1 Å². The van der Waals surface area contributed by atoms with Gasteiger partial charge in [-0.15, -0.1) is 0 Å². The van der Waals surface area contributed by atoms with E-state index in [1.54, 1.807) is 12.1 Å². The van der Waals surface area contributed by atoms with E-state index in [1.165, 1.54) is 18.3 Å². The second kappa shape index (κ2) is 19.6. The highest BCUT2D eigenvalue weighted by molar-refractivity contribution is 5.97. The van der Waals surface area contributed by atoms with Crippen LogP contribution < -0.4 is 27.2 Å². The number of anilines is 2. The lowest BCUT2D eigenvalue weighted by atomic mass is 10.1. The first-order valence-electron chi connectivity index (χ1n) is 14.7. The number of hydrogen-bond acceptors (Lipinski definition) is 13. The number of carboxylic acid groups (broad SMARTS) is 1. The predicted molar refractivity (Wildman–Crippen MR) is 166 cm³/mol. The molecule has 3 rings (SSSR count). The summed E-state index contributed by atoms with van der Waals surface area (Å²) in [6.45, 7) is 6.06. The number of aliphatic carboxylic acids is 1. The first-order chi connectivity index (χ1) is 22.3. The van der Waals surface area contributed by atoms with E-state index in [9.17, 15) is 24.3 Å². The van der Waals surface area contributed by atoms with Gasteiger partial charge in [0.2, 0.25) is 11.9 Å². The molecule has 3 aromatic rings. The summed E-state index contributed by atoms with van der Waals surface area (Å²) < 4.78 is 21.3. The van der Waals surface area contributed by atoms with E-state index in [1.807, 2.05) is 6.92 Å². The monoisotopic (exact) mass is 644 g/mol. The first kappa shape index (κ1) is 35.8. The largest absolute Gasteiger partial charge is 0.480 e. The fourth-order valence-electron chi connectivity index (χ4n) is 3.92. The number of carbonyl (C=O) groups excluding carboxylic acids is 2. The van der Waals surface area contributed by atoms with Crippen molar-refractivity contribution in [2.45, 2.75) is 32.4 Å². The minimum absolute atomic E-state index is 0.0516. The number of fused-ring (bicyclic) bond motifs is 1. The standard InChI is InChI=1S/C29H40N8O9/c1-2-43-11-12-45-15-16-46-14-13-44-10-9-31-23(38)8-7-22(28(41)42)35-26(39)19-3-5-20(6-4-19)32-17-21-18-33-25-24(34-21)27(40)37-29(30)36-25/h3-6,18,22,32H,2,7-17H2,1H3,(H,31,38)(H,35,39)(H,41,42)(H3,30,33,36,37,40)/t22-/m0/s1. The second-order valence-electron chi connectivity index (χ2n) is 9.70. The maximum atomic E-state index is 12.7. The van der Waals surface area contributed by atoms with E-state index in [4.69, 9.17) is 24.7 Å². The van der Waals surface area contributed by atoms with Gasteiger partial charge in [0.05, 0.1) is 64.7 Å². The third-order valence-corrected chi connectivity index (χ3v) is 6.26. The van der Waals surface area contributed by atoms with E-state index in [0.29, 0.717) is 57.6 Å². The van der Waals surface area contributed by atoms with Crippen LogP contribution in [0.1, 0.15) is 35.8 Å². The average Bonchev–Trinajstić information content (AvgIpc) is 3.04. The Morgan fingerprint density at radius 1 is 0.957 bits per heavy atom. The molecule has 1 aromatic carbocycles. The third kappa shape index (κ3) is 12.7. The number of H-pyrrole nitrogens is 1. The number of amides is 2. The molecule has 0 aliphatic rings. The Morgan fingerprint density at radius 3 is 2.26 bits per heavy atom. The molecule has 17 nitrogen and oxygen atoms in total. The number of carboxylic acids is 1. The van der Waals surface area contributed by atoms with Gasteiger partial charge >= 0.3 is 5.97 Å². The number of benzene rings is 1. The molecule has 0 bridgehead atoms. The van der Waals surface area contributed by atoms with Gasteiger partial charge in [-0.2, -0.15) is 4.98 Å². The lowest BCUT2D eigenvalue weighted by Gasteiger charge is -2.15. The van der Waals surface area contributed by atoms with Crippen LogP contribution in [-0.4, -0.2) is 108 Å². The molecule has 2 amide bonds. The summed E-state index contributed by atoms with van der Waals surface area (Å²) in [5.41, 5.74) is 6.57. The van der Waals surface area contributed by atoms with E-state index in [0.717, 1.165) is 0 Å². The lowest BCUT2D eigenvalue weighted by Crippen LogP contribution is -2.41. The van der Waals surface area contributed by atoms with Crippen molar-refractivity contribution in [1.82, 2.24) is 30.6 Å². The molecule has 1 atom stereocenters. The number of aromatic nitrogens is 4. The lowest BCUT2D eigenvalue weighted by molar-refractivity contribution is -0.139.